The van der Waals surface area contributed by atoms with E-state index < -0.39 is 0 Å². The molecular formula is C18H29N3OS. The van der Waals surface area contributed by atoms with E-state index in [-0.39, 0.29) is 0 Å². The second kappa shape index (κ2) is 8.48. The second-order valence-electron chi connectivity index (χ2n) is 6.31. The SMILES string of the molecule is CN=C(NCCc1ccc(C)c(OC)c1)NCC1(C)CCCS1. The molecule has 1 aliphatic heterocycles. The van der Waals surface area contributed by atoms with Crippen LogP contribution in [0.1, 0.15) is 30.9 Å². The van der Waals surface area contributed by atoms with E-state index in [1.54, 1.807) is 7.11 Å². The Balaban J connectivity index is 1.77. The van der Waals surface area contributed by atoms with E-state index in [0.29, 0.717) is 4.75 Å². The Kier molecular flexibility index (Phi) is 6.63. The number of methoxy groups -OCH3 is 1. The largest absolute Gasteiger partial charge is 0.496 e. The molecule has 128 valence electrons. The van der Waals surface area contributed by atoms with Crippen LogP contribution in [0.3, 0.4) is 0 Å². The Morgan fingerprint density at radius 1 is 1.39 bits per heavy atom. The first kappa shape index (κ1) is 18.0. The maximum absolute atomic E-state index is 5.38. The lowest BCUT2D eigenvalue weighted by Gasteiger charge is -2.24. The summed E-state index contributed by atoms with van der Waals surface area (Å²) in [5.74, 6) is 3.12. The van der Waals surface area contributed by atoms with Gasteiger partial charge in [0.05, 0.1) is 7.11 Å². The molecule has 2 rings (SSSR count). The second-order valence-corrected chi connectivity index (χ2v) is 7.99. The van der Waals surface area contributed by atoms with Crippen LogP contribution in [0.4, 0.5) is 0 Å². The zero-order valence-electron chi connectivity index (χ0n) is 14.7. The molecular weight excluding hydrogens is 306 g/mol. The smallest absolute Gasteiger partial charge is 0.191 e. The molecule has 0 spiro atoms. The number of ether oxygens (including phenoxy) is 1. The number of nitrogens with one attached hydrogen (secondary N) is 2. The fraction of sp³-hybridized carbons (Fsp3) is 0.611. The van der Waals surface area contributed by atoms with E-state index in [1.807, 2.05) is 7.05 Å². The average Bonchev–Trinajstić information content (AvgIpc) is 2.99. The van der Waals surface area contributed by atoms with E-state index in [4.69, 9.17) is 4.74 Å². The molecule has 1 aliphatic rings. The summed E-state index contributed by atoms with van der Waals surface area (Å²) in [5, 5.41) is 6.86. The number of aryl methyl sites for hydroxylation is 1. The fourth-order valence-corrected chi connectivity index (χ4v) is 4.06. The zero-order chi connectivity index (χ0) is 16.7. The predicted molar refractivity (Wildman–Crippen MR) is 101 cm³/mol. The molecule has 0 aromatic heterocycles. The maximum atomic E-state index is 5.38. The number of hydrogen-bond donors (Lipinski definition) is 2. The van der Waals surface area contributed by atoms with Crippen LogP contribution in [-0.2, 0) is 6.42 Å². The highest BCUT2D eigenvalue weighted by atomic mass is 32.2. The van der Waals surface area contributed by atoms with E-state index >= 15 is 0 Å². The van der Waals surface area contributed by atoms with Gasteiger partial charge >= 0.3 is 0 Å². The molecule has 1 heterocycles. The minimum Gasteiger partial charge on any atom is -0.496 e. The van der Waals surface area contributed by atoms with E-state index in [2.05, 4.69) is 59.4 Å². The summed E-state index contributed by atoms with van der Waals surface area (Å²) < 4.78 is 5.73. The van der Waals surface area contributed by atoms with Gasteiger partial charge in [-0.1, -0.05) is 12.1 Å². The van der Waals surface area contributed by atoms with Crippen LogP contribution < -0.4 is 15.4 Å². The van der Waals surface area contributed by atoms with Crippen molar-refractivity contribution < 1.29 is 4.74 Å². The summed E-state index contributed by atoms with van der Waals surface area (Å²) in [6.45, 7) is 6.23. The van der Waals surface area contributed by atoms with Crippen LogP contribution in [0.5, 0.6) is 5.75 Å². The summed E-state index contributed by atoms with van der Waals surface area (Å²) in [6.07, 6.45) is 3.55. The van der Waals surface area contributed by atoms with Crippen LogP contribution in [0.15, 0.2) is 23.2 Å². The molecule has 0 radical (unpaired) electrons. The molecule has 5 heteroatoms. The molecule has 1 saturated heterocycles. The number of rotatable bonds is 6. The Morgan fingerprint density at radius 3 is 2.87 bits per heavy atom. The first-order valence-electron chi connectivity index (χ1n) is 8.28. The van der Waals surface area contributed by atoms with Crippen molar-refractivity contribution in [3.63, 3.8) is 0 Å². The number of benzene rings is 1. The normalized spacial score (nSPS) is 21.3. The van der Waals surface area contributed by atoms with Crippen molar-refractivity contribution in [2.24, 2.45) is 4.99 Å². The Hall–Kier alpha value is -1.36. The van der Waals surface area contributed by atoms with Crippen LogP contribution in [0.2, 0.25) is 0 Å². The number of hydrogen-bond acceptors (Lipinski definition) is 3. The molecule has 1 aromatic rings. The minimum atomic E-state index is 0.349. The Bertz CT molecular complexity index is 539. The van der Waals surface area contributed by atoms with E-state index in [9.17, 15) is 0 Å². The molecule has 23 heavy (non-hydrogen) atoms. The first-order chi connectivity index (χ1) is 11.1. The van der Waals surface area contributed by atoms with Gasteiger partial charge in [-0.3, -0.25) is 4.99 Å². The number of guanidine groups is 1. The highest BCUT2D eigenvalue weighted by Gasteiger charge is 2.29. The van der Waals surface area contributed by atoms with Gasteiger partial charge in [0.2, 0.25) is 0 Å². The van der Waals surface area contributed by atoms with Gasteiger partial charge in [0.25, 0.3) is 0 Å². The average molecular weight is 336 g/mol. The molecule has 0 bridgehead atoms. The van der Waals surface area contributed by atoms with Crippen molar-refractivity contribution in [1.82, 2.24) is 10.6 Å². The minimum absolute atomic E-state index is 0.349. The quantitative estimate of drug-likeness (QED) is 0.620. The molecule has 0 amide bonds. The van der Waals surface area contributed by atoms with Gasteiger partial charge in [-0.25, -0.2) is 0 Å². The van der Waals surface area contributed by atoms with Crippen molar-refractivity contribution in [1.29, 1.82) is 0 Å². The summed E-state index contributed by atoms with van der Waals surface area (Å²) >= 11 is 2.06. The first-order valence-corrected chi connectivity index (χ1v) is 9.27. The van der Waals surface area contributed by atoms with E-state index in [0.717, 1.165) is 31.2 Å². The summed E-state index contributed by atoms with van der Waals surface area (Å²) in [4.78, 5) is 4.32. The van der Waals surface area contributed by atoms with Crippen molar-refractivity contribution >= 4 is 17.7 Å². The van der Waals surface area contributed by atoms with Crippen molar-refractivity contribution in [3.8, 4) is 5.75 Å². The van der Waals surface area contributed by atoms with Gasteiger partial charge in [-0.2, -0.15) is 11.8 Å². The van der Waals surface area contributed by atoms with Gasteiger partial charge in [-0.05, 0) is 56.1 Å². The molecule has 0 aliphatic carbocycles. The van der Waals surface area contributed by atoms with Crippen molar-refractivity contribution in [3.05, 3.63) is 29.3 Å². The molecule has 4 nitrogen and oxygen atoms in total. The zero-order valence-corrected chi connectivity index (χ0v) is 15.6. The summed E-state index contributed by atoms with van der Waals surface area (Å²) in [7, 11) is 3.55. The monoisotopic (exact) mass is 335 g/mol. The van der Waals surface area contributed by atoms with Gasteiger partial charge in [-0.15, -0.1) is 0 Å². The van der Waals surface area contributed by atoms with Crippen LogP contribution in [0.25, 0.3) is 0 Å². The third-order valence-electron chi connectivity index (χ3n) is 4.33. The van der Waals surface area contributed by atoms with Crippen LogP contribution in [-0.4, -0.2) is 43.7 Å². The van der Waals surface area contributed by atoms with Gasteiger partial charge in [0.15, 0.2) is 5.96 Å². The summed E-state index contributed by atoms with van der Waals surface area (Å²) in [5.41, 5.74) is 2.44. The lowest BCUT2D eigenvalue weighted by atomic mass is 10.1. The standard InChI is InChI=1S/C18H29N3OS/c1-14-6-7-15(12-16(14)22-4)8-10-20-17(19-3)21-13-18(2)9-5-11-23-18/h6-7,12H,5,8-11,13H2,1-4H3,(H2,19,20,21). The van der Waals surface area contributed by atoms with Crippen molar-refractivity contribution in [2.45, 2.75) is 37.9 Å². The number of aliphatic imine (C=N–C) groups is 1. The fourth-order valence-electron chi connectivity index (χ4n) is 2.81. The van der Waals surface area contributed by atoms with E-state index in [1.165, 1.54) is 29.7 Å². The van der Waals surface area contributed by atoms with Gasteiger partial charge in [0, 0.05) is 24.9 Å². The highest BCUT2D eigenvalue weighted by molar-refractivity contribution is 8.00. The molecule has 1 unspecified atom stereocenters. The van der Waals surface area contributed by atoms with Gasteiger partial charge in [0.1, 0.15) is 5.75 Å². The third kappa shape index (κ3) is 5.34. The molecule has 0 saturated carbocycles. The Labute approximate surface area is 144 Å². The lowest BCUT2D eigenvalue weighted by molar-refractivity contribution is 0.411. The molecule has 2 N–H and O–H groups in total. The maximum Gasteiger partial charge on any atom is 0.191 e. The number of nitrogens with zero attached hydrogens (tertiary/aromatic N) is 1. The number of thioether (sulfide) groups is 1. The van der Waals surface area contributed by atoms with Gasteiger partial charge < -0.3 is 15.4 Å². The molecule has 1 fully saturated rings. The van der Waals surface area contributed by atoms with Crippen LogP contribution >= 0.6 is 11.8 Å². The van der Waals surface area contributed by atoms with Crippen LogP contribution in [0, 0.1) is 6.92 Å². The summed E-state index contributed by atoms with van der Waals surface area (Å²) in [6, 6.07) is 6.38. The lowest BCUT2D eigenvalue weighted by Crippen LogP contribution is -2.44. The molecule has 1 atom stereocenters. The van der Waals surface area contributed by atoms with Crippen molar-refractivity contribution in [2.75, 3.05) is 33.0 Å². The predicted octanol–water partition coefficient (Wildman–Crippen LogP) is 3.00. The highest BCUT2D eigenvalue weighted by Crippen LogP contribution is 2.36. The third-order valence-corrected chi connectivity index (χ3v) is 5.87. The Morgan fingerprint density at radius 2 is 2.22 bits per heavy atom. The topological polar surface area (TPSA) is 45.7 Å². The molecule has 1 aromatic carbocycles.